The van der Waals surface area contributed by atoms with Crippen molar-refractivity contribution in [1.29, 1.82) is 0 Å². The molecule has 0 aliphatic heterocycles. The summed E-state index contributed by atoms with van der Waals surface area (Å²) in [5, 5.41) is 28.9. The smallest absolute Gasteiger partial charge is 0.406 e. The molecule has 8 N–H and O–H groups in total. The lowest BCUT2D eigenvalue weighted by molar-refractivity contribution is -0.274. The van der Waals surface area contributed by atoms with Gasteiger partial charge in [0.1, 0.15) is 17.9 Å². The molecule has 0 fully saturated rings. The van der Waals surface area contributed by atoms with Crippen molar-refractivity contribution in [3.05, 3.63) is 71.9 Å². The molecular weight excluding hydrogens is 535 g/mol. The van der Waals surface area contributed by atoms with Crippen LogP contribution >= 0.6 is 0 Å². The number of aliphatic hydroxyl groups is 2. The van der Waals surface area contributed by atoms with E-state index in [-0.39, 0.29) is 24.1 Å². The van der Waals surface area contributed by atoms with E-state index in [0.717, 1.165) is 28.6 Å². The molecular formula is C26H26F3N5O6. The molecule has 4 rings (SSSR count). The van der Waals surface area contributed by atoms with Crippen LogP contribution in [0.15, 0.2) is 66.4 Å². The standard InChI is InChI=1S/C26H26F3N5O6/c27-26(28,29)40-16-7-5-15(6-8-16)32-25(39)34-19-9-13(11-21(35)22(19)36)24(38)33-20(23(30)37)10-14-12-31-18-4-2-1-3-17(14)18/h1-9,12,19-22,31,35-36H,10-11H2,(H2,30,37)(H,33,38)(H2,32,34,39)/t19-,20-,21-,22-/m1/s1. The summed E-state index contributed by atoms with van der Waals surface area (Å²) in [7, 11) is 0. The zero-order valence-corrected chi connectivity index (χ0v) is 20.7. The molecule has 4 atom stereocenters. The van der Waals surface area contributed by atoms with Crippen molar-refractivity contribution < 1.29 is 42.5 Å². The van der Waals surface area contributed by atoms with Crippen LogP contribution in [0.1, 0.15) is 12.0 Å². The van der Waals surface area contributed by atoms with Gasteiger partial charge in [-0.1, -0.05) is 24.3 Å². The van der Waals surface area contributed by atoms with Crippen LogP contribution in [0.4, 0.5) is 23.7 Å². The molecule has 0 saturated carbocycles. The van der Waals surface area contributed by atoms with E-state index in [4.69, 9.17) is 5.73 Å². The van der Waals surface area contributed by atoms with Crippen molar-refractivity contribution in [3.63, 3.8) is 0 Å². The van der Waals surface area contributed by atoms with E-state index in [1.807, 2.05) is 24.3 Å². The van der Waals surface area contributed by atoms with Gasteiger partial charge in [0.2, 0.25) is 11.8 Å². The third-order valence-corrected chi connectivity index (χ3v) is 6.25. The molecule has 3 aromatic rings. The zero-order valence-electron chi connectivity index (χ0n) is 20.7. The summed E-state index contributed by atoms with van der Waals surface area (Å²) in [5.41, 5.74) is 7.24. The maximum atomic E-state index is 13.0. The first-order chi connectivity index (χ1) is 18.9. The minimum atomic E-state index is -4.87. The minimum Gasteiger partial charge on any atom is -0.406 e. The number of fused-ring (bicyclic) bond motifs is 1. The highest BCUT2D eigenvalue weighted by Gasteiger charge is 2.35. The second-order valence-electron chi connectivity index (χ2n) is 9.14. The lowest BCUT2D eigenvalue weighted by Crippen LogP contribution is -2.53. The van der Waals surface area contributed by atoms with Crippen molar-refractivity contribution in [3.8, 4) is 5.75 Å². The number of hydrogen-bond acceptors (Lipinski definition) is 6. The van der Waals surface area contributed by atoms with Crippen LogP contribution in [0.2, 0.25) is 0 Å². The van der Waals surface area contributed by atoms with Crippen molar-refractivity contribution in [1.82, 2.24) is 15.6 Å². The van der Waals surface area contributed by atoms with Gasteiger partial charge in [-0.15, -0.1) is 13.2 Å². The molecule has 0 radical (unpaired) electrons. The Morgan fingerprint density at radius 1 is 1.10 bits per heavy atom. The number of anilines is 1. The number of alkyl halides is 3. The Hall–Kier alpha value is -4.56. The third kappa shape index (κ3) is 7.09. The topological polar surface area (TPSA) is 179 Å². The summed E-state index contributed by atoms with van der Waals surface area (Å²) in [4.78, 5) is 40.7. The summed E-state index contributed by atoms with van der Waals surface area (Å²) in [6, 6.07) is 8.55. The normalized spacial score (nSPS) is 19.8. The Bertz CT molecular complexity index is 1420. The molecule has 2 aromatic carbocycles. The van der Waals surface area contributed by atoms with Crippen LogP contribution in [-0.2, 0) is 16.0 Å². The van der Waals surface area contributed by atoms with Gasteiger partial charge in [0, 0.05) is 41.2 Å². The molecule has 11 nitrogen and oxygen atoms in total. The second-order valence-corrected chi connectivity index (χ2v) is 9.14. The largest absolute Gasteiger partial charge is 0.573 e. The number of aliphatic hydroxyl groups excluding tert-OH is 2. The van der Waals surface area contributed by atoms with Crippen LogP contribution in [0.25, 0.3) is 10.9 Å². The fourth-order valence-electron chi connectivity index (χ4n) is 4.32. The van der Waals surface area contributed by atoms with E-state index in [1.54, 1.807) is 6.20 Å². The molecule has 1 aromatic heterocycles. The van der Waals surface area contributed by atoms with Crippen molar-refractivity contribution in [2.75, 3.05) is 5.32 Å². The number of benzene rings is 2. The number of H-pyrrole nitrogens is 1. The molecule has 1 aliphatic rings. The number of urea groups is 1. The molecule has 14 heteroatoms. The second kappa shape index (κ2) is 11.7. The quantitative estimate of drug-likeness (QED) is 0.220. The predicted molar refractivity (Wildman–Crippen MR) is 137 cm³/mol. The average molecular weight is 562 g/mol. The number of amides is 4. The van der Waals surface area contributed by atoms with Gasteiger partial charge in [-0.2, -0.15) is 0 Å². The number of ether oxygens (including phenoxy) is 1. The number of aromatic nitrogens is 1. The highest BCUT2D eigenvalue weighted by Crippen LogP contribution is 2.25. The highest BCUT2D eigenvalue weighted by atomic mass is 19.4. The Morgan fingerprint density at radius 3 is 2.48 bits per heavy atom. The summed E-state index contributed by atoms with van der Waals surface area (Å²) < 4.78 is 40.7. The maximum Gasteiger partial charge on any atom is 0.573 e. The summed E-state index contributed by atoms with van der Waals surface area (Å²) in [5.74, 6) is -1.99. The van der Waals surface area contributed by atoms with Crippen LogP contribution < -0.4 is 26.4 Å². The molecule has 212 valence electrons. The molecule has 1 aliphatic carbocycles. The van der Waals surface area contributed by atoms with E-state index in [0.29, 0.717) is 0 Å². The van der Waals surface area contributed by atoms with E-state index >= 15 is 0 Å². The number of para-hydroxylation sites is 1. The van der Waals surface area contributed by atoms with Gasteiger partial charge in [-0.05, 0) is 35.9 Å². The number of nitrogens with two attached hydrogens (primary N) is 1. The van der Waals surface area contributed by atoms with Gasteiger partial charge in [0.05, 0.1) is 12.1 Å². The van der Waals surface area contributed by atoms with E-state index < -0.39 is 54.2 Å². The lowest BCUT2D eigenvalue weighted by Gasteiger charge is -2.31. The number of carbonyl (C=O) groups is 3. The van der Waals surface area contributed by atoms with Crippen molar-refractivity contribution >= 4 is 34.4 Å². The maximum absolute atomic E-state index is 13.0. The number of aromatic amines is 1. The fourth-order valence-corrected chi connectivity index (χ4v) is 4.32. The third-order valence-electron chi connectivity index (χ3n) is 6.25. The predicted octanol–water partition coefficient (Wildman–Crippen LogP) is 1.82. The Balaban J connectivity index is 1.41. The zero-order chi connectivity index (χ0) is 29.0. The number of carbonyl (C=O) groups excluding carboxylic acids is 3. The molecule has 0 saturated heterocycles. The fraction of sp³-hybridized carbons (Fsp3) is 0.269. The van der Waals surface area contributed by atoms with Crippen LogP contribution in [0, 0.1) is 0 Å². The van der Waals surface area contributed by atoms with Gasteiger partial charge in [-0.25, -0.2) is 4.79 Å². The number of primary amides is 1. The Kier molecular flexibility index (Phi) is 8.30. The molecule has 40 heavy (non-hydrogen) atoms. The molecule has 1 heterocycles. The SMILES string of the molecule is NC(=O)[C@@H](Cc1c[nH]c2ccccc12)NC(=O)C1=C[C@@H](NC(=O)Nc2ccc(OC(F)(F)F)cc2)[C@@H](O)[C@H](O)C1. The molecule has 0 spiro atoms. The average Bonchev–Trinajstić information content (AvgIpc) is 3.29. The highest BCUT2D eigenvalue weighted by molar-refractivity contribution is 5.97. The summed E-state index contributed by atoms with van der Waals surface area (Å²) in [6.07, 6.45) is -4.96. The van der Waals surface area contributed by atoms with Gasteiger partial charge < -0.3 is 41.6 Å². The van der Waals surface area contributed by atoms with E-state index in [9.17, 15) is 37.8 Å². The van der Waals surface area contributed by atoms with Gasteiger partial charge in [-0.3, -0.25) is 9.59 Å². The van der Waals surface area contributed by atoms with Gasteiger partial charge in [0.25, 0.3) is 0 Å². The van der Waals surface area contributed by atoms with Gasteiger partial charge >= 0.3 is 12.4 Å². The van der Waals surface area contributed by atoms with Gasteiger partial charge in [0.15, 0.2) is 0 Å². The van der Waals surface area contributed by atoms with Crippen molar-refractivity contribution in [2.45, 2.75) is 43.5 Å². The Morgan fingerprint density at radius 2 is 1.80 bits per heavy atom. The summed E-state index contributed by atoms with van der Waals surface area (Å²) >= 11 is 0. The monoisotopic (exact) mass is 561 g/mol. The number of nitrogens with one attached hydrogen (secondary N) is 4. The first-order valence-corrected chi connectivity index (χ1v) is 12.0. The van der Waals surface area contributed by atoms with Crippen LogP contribution in [0.3, 0.4) is 0 Å². The van der Waals surface area contributed by atoms with Crippen molar-refractivity contribution in [2.24, 2.45) is 5.73 Å². The first-order valence-electron chi connectivity index (χ1n) is 12.0. The van der Waals surface area contributed by atoms with Crippen LogP contribution in [-0.4, -0.2) is 63.7 Å². The minimum absolute atomic E-state index is 0.00179. The summed E-state index contributed by atoms with van der Waals surface area (Å²) in [6.45, 7) is 0. The first kappa shape index (κ1) is 28.4. The van der Waals surface area contributed by atoms with Crippen LogP contribution in [0.5, 0.6) is 5.75 Å². The molecule has 0 bridgehead atoms. The van der Waals surface area contributed by atoms with E-state index in [1.165, 1.54) is 18.2 Å². The molecule has 4 amide bonds. The Labute approximate surface area is 225 Å². The number of hydrogen-bond donors (Lipinski definition) is 7. The van der Waals surface area contributed by atoms with E-state index in [2.05, 4.69) is 25.7 Å². The lowest BCUT2D eigenvalue weighted by atomic mass is 9.89. The number of rotatable bonds is 8. The number of halogens is 3. The molecule has 0 unspecified atom stereocenters.